The summed E-state index contributed by atoms with van der Waals surface area (Å²) in [5.41, 5.74) is 4.87. The van der Waals surface area contributed by atoms with Crippen LogP contribution in [-0.2, 0) is 27.7 Å². The van der Waals surface area contributed by atoms with Crippen molar-refractivity contribution in [3.63, 3.8) is 0 Å². The second-order valence-corrected chi connectivity index (χ2v) is 10.1. The van der Waals surface area contributed by atoms with E-state index in [1.54, 1.807) is 32.0 Å². The Morgan fingerprint density at radius 2 is 1.79 bits per heavy atom. The minimum absolute atomic E-state index is 0.224. The SMILES string of the molecule is Cc1ccc(Cl)cc1N([C@@H](C)C(=O)N[C@@H](C)c1ccc2c(c1)CCC2)S(C)(=O)=O. The Bertz CT molecular complexity index is 1040. The van der Waals surface area contributed by atoms with Gasteiger partial charge in [-0.25, -0.2) is 8.42 Å². The summed E-state index contributed by atoms with van der Waals surface area (Å²) in [6, 6.07) is 10.2. The molecule has 29 heavy (non-hydrogen) atoms. The smallest absolute Gasteiger partial charge is 0.244 e. The second-order valence-electron chi connectivity index (χ2n) is 7.78. The van der Waals surface area contributed by atoms with E-state index >= 15 is 0 Å². The number of hydrogen-bond acceptors (Lipinski definition) is 3. The van der Waals surface area contributed by atoms with Gasteiger partial charge in [-0.05, 0) is 74.4 Å². The number of benzene rings is 2. The molecule has 0 aromatic heterocycles. The lowest BCUT2D eigenvalue weighted by atomic mass is 10.0. The van der Waals surface area contributed by atoms with Crippen LogP contribution >= 0.6 is 11.6 Å². The summed E-state index contributed by atoms with van der Waals surface area (Å²) in [6.45, 7) is 5.30. The Labute approximate surface area is 178 Å². The molecule has 2 aromatic carbocycles. The van der Waals surface area contributed by atoms with Crippen LogP contribution in [0.4, 0.5) is 5.69 Å². The maximum Gasteiger partial charge on any atom is 0.244 e. The van der Waals surface area contributed by atoms with Crippen molar-refractivity contribution in [1.82, 2.24) is 5.32 Å². The van der Waals surface area contributed by atoms with Gasteiger partial charge in [0.2, 0.25) is 15.9 Å². The van der Waals surface area contributed by atoms with Crippen molar-refractivity contribution in [2.75, 3.05) is 10.6 Å². The highest BCUT2D eigenvalue weighted by Gasteiger charge is 2.31. The third-order valence-electron chi connectivity index (χ3n) is 5.48. The molecule has 0 fully saturated rings. The van der Waals surface area contributed by atoms with Crippen LogP contribution in [0.2, 0.25) is 5.02 Å². The van der Waals surface area contributed by atoms with Crippen molar-refractivity contribution in [1.29, 1.82) is 0 Å². The van der Waals surface area contributed by atoms with E-state index in [0.29, 0.717) is 10.7 Å². The van der Waals surface area contributed by atoms with Crippen LogP contribution in [0.3, 0.4) is 0 Å². The molecular formula is C22H27ClN2O3S. The second kappa shape index (κ2) is 8.36. The van der Waals surface area contributed by atoms with Crippen molar-refractivity contribution < 1.29 is 13.2 Å². The minimum Gasteiger partial charge on any atom is -0.348 e. The molecule has 3 rings (SSSR count). The van der Waals surface area contributed by atoms with Gasteiger partial charge in [0.25, 0.3) is 0 Å². The monoisotopic (exact) mass is 434 g/mol. The first-order chi connectivity index (χ1) is 13.6. The number of hydrogen-bond donors (Lipinski definition) is 1. The van der Waals surface area contributed by atoms with Crippen molar-refractivity contribution in [2.24, 2.45) is 0 Å². The molecule has 0 aliphatic heterocycles. The normalized spacial score (nSPS) is 15.5. The van der Waals surface area contributed by atoms with Crippen LogP contribution in [0.25, 0.3) is 0 Å². The highest BCUT2D eigenvalue weighted by atomic mass is 35.5. The van der Waals surface area contributed by atoms with Gasteiger partial charge in [0.1, 0.15) is 6.04 Å². The van der Waals surface area contributed by atoms with Crippen molar-refractivity contribution in [3.8, 4) is 0 Å². The van der Waals surface area contributed by atoms with Crippen LogP contribution in [0.5, 0.6) is 0 Å². The summed E-state index contributed by atoms with van der Waals surface area (Å²) >= 11 is 6.08. The predicted octanol–water partition coefficient (Wildman–Crippen LogP) is 4.17. The summed E-state index contributed by atoms with van der Waals surface area (Å²) in [6.07, 6.45) is 4.44. The fourth-order valence-electron chi connectivity index (χ4n) is 3.88. The van der Waals surface area contributed by atoms with Gasteiger partial charge in [-0.15, -0.1) is 0 Å². The molecule has 5 nitrogen and oxygen atoms in total. The topological polar surface area (TPSA) is 66.5 Å². The van der Waals surface area contributed by atoms with Crippen molar-refractivity contribution in [2.45, 2.75) is 52.1 Å². The average Bonchev–Trinajstić information content (AvgIpc) is 3.11. The van der Waals surface area contributed by atoms with E-state index in [-0.39, 0.29) is 11.9 Å². The standard InChI is InChI=1S/C22H27ClN2O3S/c1-14-8-11-20(23)13-21(14)25(29(4,27)28)16(3)22(26)24-15(2)18-10-9-17-6-5-7-19(17)12-18/h8-13,15-16H,5-7H2,1-4H3,(H,24,26)/t15-,16-/m0/s1. The Kier molecular flexibility index (Phi) is 6.24. The van der Waals surface area contributed by atoms with E-state index in [0.717, 1.165) is 34.5 Å². The molecule has 1 N–H and O–H groups in total. The van der Waals surface area contributed by atoms with Gasteiger partial charge in [-0.3, -0.25) is 9.10 Å². The van der Waals surface area contributed by atoms with Gasteiger partial charge in [-0.1, -0.05) is 35.9 Å². The molecule has 1 amide bonds. The number of aryl methyl sites for hydroxylation is 3. The number of nitrogens with zero attached hydrogens (tertiary/aromatic N) is 1. The lowest BCUT2D eigenvalue weighted by Gasteiger charge is -2.30. The van der Waals surface area contributed by atoms with Gasteiger partial charge >= 0.3 is 0 Å². The summed E-state index contributed by atoms with van der Waals surface area (Å²) in [5.74, 6) is -0.359. The van der Waals surface area contributed by atoms with Crippen molar-refractivity contribution >= 4 is 33.2 Å². The van der Waals surface area contributed by atoms with Crippen LogP contribution in [0.1, 0.15) is 48.6 Å². The highest BCUT2D eigenvalue weighted by Crippen LogP contribution is 2.29. The first kappa shape index (κ1) is 21.7. The van der Waals surface area contributed by atoms with Gasteiger partial charge in [0.15, 0.2) is 0 Å². The molecule has 0 unspecified atom stereocenters. The average molecular weight is 435 g/mol. The number of amides is 1. The maximum atomic E-state index is 13.0. The molecule has 0 radical (unpaired) electrons. The van der Waals surface area contributed by atoms with E-state index in [1.165, 1.54) is 17.5 Å². The molecule has 0 bridgehead atoms. The Morgan fingerprint density at radius 3 is 2.48 bits per heavy atom. The Balaban J connectivity index is 1.83. The number of sulfonamides is 1. The van der Waals surface area contributed by atoms with Crippen molar-refractivity contribution in [3.05, 3.63) is 63.7 Å². The maximum absolute atomic E-state index is 13.0. The summed E-state index contributed by atoms with van der Waals surface area (Å²) in [7, 11) is -3.70. The van der Waals surface area contributed by atoms with Gasteiger partial charge < -0.3 is 5.32 Å². The van der Waals surface area contributed by atoms with Crippen LogP contribution < -0.4 is 9.62 Å². The molecule has 0 heterocycles. The predicted molar refractivity (Wildman–Crippen MR) is 118 cm³/mol. The fraction of sp³-hybridized carbons (Fsp3) is 0.409. The van der Waals surface area contributed by atoms with Gasteiger partial charge in [0, 0.05) is 5.02 Å². The first-order valence-electron chi connectivity index (χ1n) is 9.75. The van der Waals surface area contributed by atoms with Gasteiger partial charge in [-0.2, -0.15) is 0 Å². The quantitative estimate of drug-likeness (QED) is 0.741. The van der Waals surface area contributed by atoms with E-state index < -0.39 is 16.1 Å². The zero-order chi connectivity index (χ0) is 21.3. The van der Waals surface area contributed by atoms with E-state index in [2.05, 4.69) is 17.4 Å². The number of carbonyl (C=O) groups excluding carboxylic acids is 1. The third-order valence-corrected chi connectivity index (χ3v) is 6.94. The summed E-state index contributed by atoms with van der Waals surface area (Å²) < 4.78 is 26.2. The number of carbonyl (C=O) groups is 1. The highest BCUT2D eigenvalue weighted by molar-refractivity contribution is 7.92. The minimum atomic E-state index is -3.70. The zero-order valence-corrected chi connectivity index (χ0v) is 18.8. The van der Waals surface area contributed by atoms with E-state index in [4.69, 9.17) is 11.6 Å². The molecule has 2 aromatic rings. The molecule has 1 aliphatic carbocycles. The summed E-state index contributed by atoms with van der Waals surface area (Å²) in [5, 5.41) is 3.38. The third kappa shape index (κ3) is 4.75. The Hall–Kier alpha value is -2.05. The zero-order valence-electron chi connectivity index (χ0n) is 17.2. The molecule has 0 spiro atoms. The number of anilines is 1. The molecule has 0 saturated heterocycles. The van der Waals surface area contributed by atoms with Gasteiger partial charge in [0.05, 0.1) is 18.0 Å². The summed E-state index contributed by atoms with van der Waals surface area (Å²) in [4.78, 5) is 13.0. The number of nitrogens with one attached hydrogen (secondary N) is 1. The Morgan fingerprint density at radius 1 is 1.10 bits per heavy atom. The largest absolute Gasteiger partial charge is 0.348 e. The molecular weight excluding hydrogens is 408 g/mol. The first-order valence-corrected chi connectivity index (χ1v) is 12.0. The molecule has 0 saturated carbocycles. The molecule has 1 aliphatic rings. The number of fused-ring (bicyclic) bond motifs is 1. The number of rotatable bonds is 6. The molecule has 2 atom stereocenters. The molecule has 156 valence electrons. The van der Waals surface area contributed by atoms with Crippen LogP contribution in [0, 0.1) is 6.92 Å². The lowest BCUT2D eigenvalue weighted by Crippen LogP contribution is -2.48. The van der Waals surface area contributed by atoms with Crippen LogP contribution in [0.15, 0.2) is 36.4 Å². The number of halogens is 1. The lowest BCUT2D eigenvalue weighted by molar-refractivity contribution is -0.122. The van der Waals surface area contributed by atoms with E-state index in [9.17, 15) is 13.2 Å². The van der Waals surface area contributed by atoms with E-state index in [1.807, 2.05) is 13.0 Å². The molecule has 7 heteroatoms. The fourth-order valence-corrected chi connectivity index (χ4v) is 5.27. The van der Waals surface area contributed by atoms with Crippen LogP contribution in [-0.4, -0.2) is 26.6 Å².